The van der Waals surface area contributed by atoms with Crippen molar-refractivity contribution in [1.29, 1.82) is 0 Å². The van der Waals surface area contributed by atoms with Crippen molar-refractivity contribution in [3.8, 4) is 0 Å². The van der Waals surface area contributed by atoms with Crippen molar-refractivity contribution in [2.24, 2.45) is 11.1 Å². The normalized spacial score (nSPS) is 32.7. The predicted octanol–water partition coefficient (Wildman–Crippen LogP) is 3.75. The van der Waals surface area contributed by atoms with E-state index in [-0.39, 0.29) is 5.82 Å². The average Bonchev–Trinajstić information content (AvgIpc) is 3.08. The lowest BCUT2D eigenvalue weighted by atomic mass is 9.76. The number of hydrogen-bond donors (Lipinski definition) is 1. The molecule has 2 aliphatic carbocycles. The highest BCUT2D eigenvalue weighted by Crippen LogP contribution is 2.57. The Morgan fingerprint density at radius 3 is 2.65 bits per heavy atom. The SMILES string of the molecule is N[C@H]1CC12CCC(c1ccnc3ccc(F)cc13)CC2. The Labute approximate surface area is 118 Å². The smallest absolute Gasteiger partial charge is 0.123 e. The van der Waals surface area contributed by atoms with Crippen molar-refractivity contribution < 1.29 is 4.39 Å². The molecule has 0 unspecified atom stereocenters. The van der Waals surface area contributed by atoms with Gasteiger partial charge < -0.3 is 5.73 Å². The maximum atomic E-state index is 13.5. The van der Waals surface area contributed by atoms with Gasteiger partial charge in [0.05, 0.1) is 5.52 Å². The molecule has 1 aromatic carbocycles. The van der Waals surface area contributed by atoms with Crippen molar-refractivity contribution in [2.45, 2.75) is 44.1 Å². The maximum Gasteiger partial charge on any atom is 0.123 e. The van der Waals surface area contributed by atoms with Gasteiger partial charge >= 0.3 is 0 Å². The van der Waals surface area contributed by atoms with Crippen LogP contribution in [0, 0.1) is 11.2 Å². The second-order valence-electron chi connectivity index (χ2n) is 6.51. The molecule has 4 rings (SSSR count). The number of benzene rings is 1. The lowest BCUT2D eigenvalue weighted by Crippen LogP contribution is -2.21. The van der Waals surface area contributed by atoms with Crippen molar-refractivity contribution in [1.82, 2.24) is 4.98 Å². The molecule has 0 aliphatic heterocycles. The first-order chi connectivity index (χ1) is 9.68. The molecule has 2 fully saturated rings. The second kappa shape index (κ2) is 4.26. The molecule has 0 saturated heterocycles. The fraction of sp³-hybridized carbons (Fsp3) is 0.471. The van der Waals surface area contributed by atoms with Gasteiger partial charge in [-0.25, -0.2) is 4.39 Å². The van der Waals surface area contributed by atoms with Crippen LogP contribution >= 0.6 is 0 Å². The minimum Gasteiger partial charge on any atom is -0.327 e. The van der Waals surface area contributed by atoms with Gasteiger partial charge in [0.25, 0.3) is 0 Å². The van der Waals surface area contributed by atoms with E-state index in [0.717, 1.165) is 10.9 Å². The van der Waals surface area contributed by atoms with Gasteiger partial charge in [-0.05, 0) is 73.3 Å². The maximum absolute atomic E-state index is 13.5. The molecule has 20 heavy (non-hydrogen) atoms. The van der Waals surface area contributed by atoms with Crippen LogP contribution in [0.2, 0.25) is 0 Å². The van der Waals surface area contributed by atoms with Crippen LogP contribution in [0.4, 0.5) is 4.39 Å². The lowest BCUT2D eigenvalue weighted by Gasteiger charge is -2.30. The lowest BCUT2D eigenvalue weighted by molar-refractivity contribution is 0.298. The number of pyridine rings is 1. The summed E-state index contributed by atoms with van der Waals surface area (Å²) in [5.74, 6) is 0.351. The summed E-state index contributed by atoms with van der Waals surface area (Å²) in [5, 5.41) is 0.980. The molecule has 0 bridgehead atoms. The van der Waals surface area contributed by atoms with Gasteiger partial charge in [0.15, 0.2) is 0 Å². The van der Waals surface area contributed by atoms with E-state index in [1.54, 1.807) is 12.1 Å². The zero-order chi connectivity index (χ0) is 13.7. The molecule has 1 heterocycles. The number of fused-ring (bicyclic) bond motifs is 1. The molecular formula is C17H19FN2. The Balaban J connectivity index is 1.67. The molecule has 1 spiro atoms. The van der Waals surface area contributed by atoms with Crippen LogP contribution in [0.5, 0.6) is 0 Å². The number of nitrogens with two attached hydrogens (primary N) is 1. The van der Waals surface area contributed by atoms with Crippen molar-refractivity contribution in [2.75, 3.05) is 0 Å². The van der Waals surface area contributed by atoms with Gasteiger partial charge in [0.2, 0.25) is 0 Å². The van der Waals surface area contributed by atoms with E-state index >= 15 is 0 Å². The van der Waals surface area contributed by atoms with Crippen LogP contribution in [-0.4, -0.2) is 11.0 Å². The molecule has 2 aliphatic rings. The molecule has 3 heteroatoms. The number of rotatable bonds is 1. The van der Waals surface area contributed by atoms with Gasteiger partial charge in [-0.15, -0.1) is 0 Å². The Kier molecular flexibility index (Phi) is 2.61. The quantitative estimate of drug-likeness (QED) is 0.857. The zero-order valence-corrected chi connectivity index (χ0v) is 11.5. The largest absolute Gasteiger partial charge is 0.327 e. The molecule has 2 N–H and O–H groups in total. The fourth-order valence-corrected chi connectivity index (χ4v) is 3.95. The summed E-state index contributed by atoms with van der Waals surface area (Å²) in [6, 6.07) is 7.38. The molecule has 0 radical (unpaired) electrons. The van der Waals surface area contributed by atoms with Crippen LogP contribution < -0.4 is 5.73 Å². The third-order valence-corrected chi connectivity index (χ3v) is 5.41. The van der Waals surface area contributed by atoms with E-state index in [2.05, 4.69) is 11.1 Å². The summed E-state index contributed by atoms with van der Waals surface area (Å²) < 4.78 is 13.5. The third kappa shape index (κ3) is 1.84. The first kappa shape index (κ1) is 12.3. The van der Waals surface area contributed by atoms with E-state index in [9.17, 15) is 4.39 Å². The van der Waals surface area contributed by atoms with Crippen molar-refractivity contribution in [3.05, 3.63) is 41.8 Å². The number of aromatic nitrogens is 1. The number of hydrogen-bond acceptors (Lipinski definition) is 2. The van der Waals surface area contributed by atoms with Crippen LogP contribution in [0.15, 0.2) is 30.5 Å². The van der Waals surface area contributed by atoms with E-state index in [0.29, 0.717) is 17.4 Å². The standard InChI is InChI=1S/C17H19FN2/c18-12-1-2-15-14(9-12)13(5-8-20-15)11-3-6-17(7-4-11)10-16(17)19/h1-2,5,8-9,11,16H,3-4,6-7,10,19H2/t11?,16-,17?/m0/s1. The summed E-state index contributed by atoms with van der Waals surface area (Å²) in [4.78, 5) is 4.34. The Bertz CT molecular complexity index is 659. The topological polar surface area (TPSA) is 38.9 Å². The molecule has 1 aromatic heterocycles. The Morgan fingerprint density at radius 1 is 1.20 bits per heavy atom. The molecule has 2 nitrogen and oxygen atoms in total. The fourth-order valence-electron chi connectivity index (χ4n) is 3.95. The van der Waals surface area contributed by atoms with E-state index in [4.69, 9.17) is 5.73 Å². The third-order valence-electron chi connectivity index (χ3n) is 5.41. The molecular weight excluding hydrogens is 251 g/mol. The molecule has 1 atom stereocenters. The highest BCUT2D eigenvalue weighted by molar-refractivity contribution is 5.82. The number of halogens is 1. The molecule has 2 aromatic rings. The van der Waals surface area contributed by atoms with E-state index < -0.39 is 0 Å². The summed E-state index contributed by atoms with van der Waals surface area (Å²) in [6.45, 7) is 0. The van der Waals surface area contributed by atoms with Crippen molar-refractivity contribution >= 4 is 10.9 Å². The Hall–Kier alpha value is -1.48. The van der Waals surface area contributed by atoms with Gasteiger partial charge in [-0.1, -0.05) is 0 Å². The number of nitrogens with zero attached hydrogens (tertiary/aromatic N) is 1. The van der Waals surface area contributed by atoms with Crippen LogP contribution in [0.25, 0.3) is 10.9 Å². The molecule has 104 valence electrons. The van der Waals surface area contributed by atoms with Gasteiger partial charge in [-0.3, -0.25) is 4.98 Å². The summed E-state index contributed by atoms with van der Waals surface area (Å²) in [6.07, 6.45) is 7.83. The van der Waals surface area contributed by atoms with Gasteiger partial charge in [0.1, 0.15) is 5.82 Å². The first-order valence-corrected chi connectivity index (χ1v) is 7.48. The highest BCUT2D eigenvalue weighted by atomic mass is 19.1. The van der Waals surface area contributed by atoms with Crippen LogP contribution in [0.3, 0.4) is 0 Å². The van der Waals surface area contributed by atoms with Gasteiger partial charge in [-0.2, -0.15) is 0 Å². The van der Waals surface area contributed by atoms with Crippen LogP contribution in [-0.2, 0) is 0 Å². The molecule has 2 saturated carbocycles. The second-order valence-corrected chi connectivity index (χ2v) is 6.51. The first-order valence-electron chi connectivity index (χ1n) is 7.48. The Morgan fingerprint density at radius 2 is 1.95 bits per heavy atom. The van der Waals surface area contributed by atoms with Crippen molar-refractivity contribution in [3.63, 3.8) is 0 Å². The summed E-state index contributed by atoms with van der Waals surface area (Å²) in [5.41, 5.74) is 8.67. The van der Waals surface area contributed by atoms with E-state index in [1.807, 2.05) is 6.20 Å². The summed E-state index contributed by atoms with van der Waals surface area (Å²) in [7, 11) is 0. The average molecular weight is 270 g/mol. The minimum atomic E-state index is -0.178. The van der Waals surface area contributed by atoms with Gasteiger partial charge in [0, 0.05) is 17.6 Å². The predicted molar refractivity (Wildman–Crippen MR) is 77.9 cm³/mol. The van der Waals surface area contributed by atoms with Crippen LogP contribution in [0.1, 0.15) is 43.6 Å². The summed E-state index contributed by atoms with van der Waals surface area (Å²) >= 11 is 0. The zero-order valence-electron chi connectivity index (χ0n) is 11.5. The molecule has 0 amide bonds. The monoisotopic (exact) mass is 270 g/mol. The van der Waals surface area contributed by atoms with E-state index in [1.165, 1.54) is 43.7 Å². The highest BCUT2D eigenvalue weighted by Gasteiger charge is 2.52. The minimum absolute atomic E-state index is 0.178.